The summed E-state index contributed by atoms with van der Waals surface area (Å²) in [5.74, 6) is 0. The lowest BCUT2D eigenvalue weighted by Gasteiger charge is -2.33. The second kappa shape index (κ2) is 7.89. The van der Waals surface area contributed by atoms with Crippen LogP contribution in [0.5, 0.6) is 0 Å². The van der Waals surface area contributed by atoms with Crippen LogP contribution in [0.3, 0.4) is 0 Å². The van der Waals surface area contributed by atoms with Crippen molar-refractivity contribution < 1.29 is 13.5 Å². The van der Waals surface area contributed by atoms with Crippen molar-refractivity contribution in [2.45, 2.75) is 45.8 Å². The number of aliphatic hydroxyl groups is 1. The van der Waals surface area contributed by atoms with Gasteiger partial charge in [-0.3, -0.25) is 0 Å². The number of benzene rings is 1. The minimum absolute atomic E-state index is 0.0344. The predicted octanol–water partition coefficient (Wildman–Crippen LogP) is 1.84. The standard InChI is InChI=1S/C15H26N2O3S/c1-13(2)16(4)21(19,20)17(14(3)10-11-18)12-15-8-6-5-7-9-15/h5-9,13-14,18H,10-12H2,1-4H3. The van der Waals surface area contributed by atoms with E-state index in [2.05, 4.69) is 0 Å². The van der Waals surface area contributed by atoms with E-state index in [0.717, 1.165) is 5.56 Å². The summed E-state index contributed by atoms with van der Waals surface area (Å²) in [5.41, 5.74) is 0.933. The largest absolute Gasteiger partial charge is 0.396 e. The van der Waals surface area contributed by atoms with Gasteiger partial charge in [0.15, 0.2) is 0 Å². The summed E-state index contributed by atoms with van der Waals surface area (Å²) in [6.07, 6.45) is 0.415. The van der Waals surface area contributed by atoms with Crippen LogP contribution in [0, 0.1) is 0 Å². The molecule has 21 heavy (non-hydrogen) atoms. The lowest BCUT2D eigenvalue weighted by molar-refractivity contribution is 0.220. The smallest absolute Gasteiger partial charge is 0.282 e. The number of hydrogen-bond donors (Lipinski definition) is 1. The van der Waals surface area contributed by atoms with Crippen LogP contribution in [0.15, 0.2) is 30.3 Å². The lowest BCUT2D eigenvalue weighted by atomic mass is 10.2. The average molecular weight is 314 g/mol. The molecule has 0 radical (unpaired) electrons. The van der Waals surface area contributed by atoms with Gasteiger partial charge < -0.3 is 5.11 Å². The van der Waals surface area contributed by atoms with E-state index in [1.54, 1.807) is 7.05 Å². The Morgan fingerprint density at radius 3 is 2.19 bits per heavy atom. The van der Waals surface area contributed by atoms with E-state index >= 15 is 0 Å². The van der Waals surface area contributed by atoms with Crippen molar-refractivity contribution in [3.8, 4) is 0 Å². The first-order chi connectivity index (χ1) is 9.80. The second-order valence-corrected chi connectivity index (χ2v) is 7.45. The van der Waals surface area contributed by atoms with Gasteiger partial charge in [-0.05, 0) is 32.8 Å². The predicted molar refractivity (Wildman–Crippen MR) is 85.0 cm³/mol. The highest BCUT2D eigenvalue weighted by Gasteiger charge is 2.32. The van der Waals surface area contributed by atoms with E-state index in [9.17, 15) is 8.42 Å². The molecule has 120 valence electrons. The number of aliphatic hydroxyl groups excluding tert-OH is 1. The molecule has 1 N–H and O–H groups in total. The van der Waals surface area contributed by atoms with Crippen LogP contribution in [0.4, 0.5) is 0 Å². The molecule has 1 unspecified atom stereocenters. The van der Waals surface area contributed by atoms with Crippen molar-refractivity contribution in [2.24, 2.45) is 0 Å². The highest BCUT2D eigenvalue weighted by molar-refractivity contribution is 7.86. The van der Waals surface area contributed by atoms with Gasteiger partial charge in [0.1, 0.15) is 0 Å². The van der Waals surface area contributed by atoms with E-state index in [1.165, 1.54) is 8.61 Å². The maximum Gasteiger partial charge on any atom is 0.282 e. The summed E-state index contributed by atoms with van der Waals surface area (Å²) in [5, 5.41) is 9.13. The molecular weight excluding hydrogens is 288 g/mol. The fraction of sp³-hybridized carbons (Fsp3) is 0.600. The van der Waals surface area contributed by atoms with Gasteiger partial charge in [-0.25, -0.2) is 0 Å². The van der Waals surface area contributed by atoms with Crippen LogP contribution >= 0.6 is 0 Å². The van der Waals surface area contributed by atoms with E-state index in [4.69, 9.17) is 5.11 Å². The van der Waals surface area contributed by atoms with Crippen LogP contribution in [-0.4, -0.2) is 47.9 Å². The third-order valence-electron chi connectivity index (χ3n) is 3.61. The molecule has 0 saturated heterocycles. The van der Waals surface area contributed by atoms with E-state index in [-0.39, 0.29) is 18.7 Å². The molecule has 1 aromatic rings. The third-order valence-corrected chi connectivity index (χ3v) is 5.84. The van der Waals surface area contributed by atoms with Crippen molar-refractivity contribution in [2.75, 3.05) is 13.7 Å². The molecule has 0 fully saturated rings. The number of rotatable bonds is 8. The zero-order chi connectivity index (χ0) is 16.0. The first-order valence-corrected chi connectivity index (χ1v) is 8.60. The van der Waals surface area contributed by atoms with E-state index < -0.39 is 10.2 Å². The fourth-order valence-electron chi connectivity index (χ4n) is 1.99. The maximum absolute atomic E-state index is 12.8. The molecular formula is C15H26N2O3S. The highest BCUT2D eigenvalue weighted by Crippen LogP contribution is 2.19. The Balaban J connectivity index is 3.08. The third kappa shape index (κ3) is 4.78. The normalized spacial score (nSPS) is 14.1. The van der Waals surface area contributed by atoms with Crippen molar-refractivity contribution >= 4 is 10.2 Å². The second-order valence-electron chi connectivity index (χ2n) is 5.51. The summed E-state index contributed by atoms with van der Waals surface area (Å²) < 4.78 is 28.3. The Morgan fingerprint density at radius 2 is 1.71 bits per heavy atom. The van der Waals surface area contributed by atoms with Gasteiger partial charge in [-0.1, -0.05) is 30.3 Å². The first-order valence-electron chi connectivity index (χ1n) is 7.20. The molecule has 0 aliphatic rings. The summed E-state index contributed by atoms with van der Waals surface area (Å²) >= 11 is 0. The van der Waals surface area contributed by atoms with Gasteiger partial charge in [0.25, 0.3) is 10.2 Å². The molecule has 1 atom stereocenters. The molecule has 0 heterocycles. The molecule has 6 heteroatoms. The quantitative estimate of drug-likeness (QED) is 0.796. The molecule has 0 amide bonds. The van der Waals surface area contributed by atoms with Crippen molar-refractivity contribution in [3.05, 3.63) is 35.9 Å². The lowest BCUT2D eigenvalue weighted by Crippen LogP contribution is -2.48. The zero-order valence-electron chi connectivity index (χ0n) is 13.2. The van der Waals surface area contributed by atoms with Crippen LogP contribution < -0.4 is 0 Å². The van der Waals surface area contributed by atoms with Crippen molar-refractivity contribution in [1.29, 1.82) is 0 Å². The molecule has 0 spiro atoms. The topological polar surface area (TPSA) is 60.9 Å². The van der Waals surface area contributed by atoms with Crippen LogP contribution in [0.25, 0.3) is 0 Å². The van der Waals surface area contributed by atoms with Crippen LogP contribution in [-0.2, 0) is 16.8 Å². The van der Waals surface area contributed by atoms with E-state index in [1.807, 2.05) is 51.1 Å². The zero-order valence-corrected chi connectivity index (χ0v) is 14.0. The molecule has 0 bridgehead atoms. The Kier molecular flexibility index (Phi) is 6.80. The van der Waals surface area contributed by atoms with Gasteiger partial charge in [-0.15, -0.1) is 0 Å². The van der Waals surface area contributed by atoms with E-state index in [0.29, 0.717) is 13.0 Å². The Bertz CT molecular complexity index is 517. The Hall–Kier alpha value is -0.950. The van der Waals surface area contributed by atoms with Gasteiger partial charge in [0, 0.05) is 32.3 Å². The van der Waals surface area contributed by atoms with Gasteiger partial charge in [-0.2, -0.15) is 17.0 Å². The summed E-state index contributed by atoms with van der Waals surface area (Å²) in [6.45, 7) is 5.78. The monoisotopic (exact) mass is 314 g/mol. The molecule has 0 saturated carbocycles. The molecule has 1 aromatic carbocycles. The summed E-state index contributed by atoms with van der Waals surface area (Å²) in [7, 11) is -1.98. The maximum atomic E-state index is 12.8. The van der Waals surface area contributed by atoms with Crippen molar-refractivity contribution in [1.82, 2.24) is 8.61 Å². The Morgan fingerprint density at radius 1 is 1.14 bits per heavy atom. The average Bonchev–Trinajstić information content (AvgIpc) is 2.44. The molecule has 5 nitrogen and oxygen atoms in total. The molecule has 0 aromatic heterocycles. The Labute approximate surface area is 128 Å². The van der Waals surface area contributed by atoms with Gasteiger partial charge in [0.05, 0.1) is 0 Å². The van der Waals surface area contributed by atoms with Crippen LogP contribution in [0.2, 0.25) is 0 Å². The summed E-state index contributed by atoms with van der Waals surface area (Å²) in [6, 6.07) is 9.12. The molecule has 1 rings (SSSR count). The van der Waals surface area contributed by atoms with Gasteiger partial charge >= 0.3 is 0 Å². The SMILES string of the molecule is CC(C)N(C)S(=O)(=O)N(Cc1ccccc1)C(C)CCO. The van der Waals surface area contributed by atoms with Gasteiger partial charge in [0.2, 0.25) is 0 Å². The molecule has 0 aliphatic carbocycles. The fourth-order valence-corrected chi connectivity index (χ4v) is 3.73. The van der Waals surface area contributed by atoms with Crippen molar-refractivity contribution in [3.63, 3.8) is 0 Å². The highest BCUT2D eigenvalue weighted by atomic mass is 32.2. The molecule has 0 aliphatic heterocycles. The summed E-state index contributed by atoms with van der Waals surface area (Å²) in [4.78, 5) is 0. The number of hydrogen-bond acceptors (Lipinski definition) is 3. The van der Waals surface area contributed by atoms with Crippen LogP contribution in [0.1, 0.15) is 32.8 Å². The minimum Gasteiger partial charge on any atom is -0.396 e. The number of nitrogens with zero attached hydrogens (tertiary/aromatic N) is 2. The first kappa shape index (κ1) is 18.1. The minimum atomic E-state index is -3.56.